The van der Waals surface area contributed by atoms with Crippen LogP contribution in [0.1, 0.15) is 42.9 Å². The van der Waals surface area contributed by atoms with Crippen molar-refractivity contribution in [1.82, 2.24) is 14.9 Å². The highest BCUT2D eigenvalue weighted by molar-refractivity contribution is 6.31. The van der Waals surface area contributed by atoms with Gasteiger partial charge in [-0.05, 0) is 67.4 Å². The van der Waals surface area contributed by atoms with E-state index in [0.717, 1.165) is 53.8 Å². The summed E-state index contributed by atoms with van der Waals surface area (Å²) in [7, 11) is 1.63. The fourth-order valence-corrected chi connectivity index (χ4v) is 5.98. The van der Waals surface area contributed by atoms with E-state index in [1.54, 1.807) is 18.2 Å². The molecule has 1 aromatic heterocycles. The standard InChI is InChI=1S/C32H31ClN4O3/c1-40-24-13-10-21(11-14-24)28-19-27(35-37(28)29(38)20-36-16-6-3-7-17-36)31-30(22-8-4-2-5-9-22)25-18-23(33)12-15-26(25)34-32(31)39/h2,4-5,8-15,18,28H,3,6-7,16-17,19-20H2,1H3,(H,34,39)/t28-/m0/s1. The lowest BCUT2D eigenvalue weighted by molar-refractivity contribution is -0.134. The quantitative estimate of drug-likeness (QED) is 0.316. The second-order valence-corrected chi connectivity index (χ2v) is 10.8. The monoisotopic (exact) mass is 554 g/mol. The average molecular weight is 555 g/mol. The van der Waals surface area contributed by atoms with E-state index < -0.39 is 0 Å². The number of halogens is 1. The highest BCUT2D eigenvalue weighted by Crippen LogP contribution is 2.38. The molecule has 1 N–H and O–H groups in total. The molecule has 0 saturated carbocycles. The Bertz CT molecular complexity index is 1630. The van der Waals surface area contributed by atoms with Crippen molar-refractivity contribution >= 4 is 34.1 Å². The normalized spacial score (nSPS) is 17.7. The predicted molar refractivity (Wildman–Crippen MR) is 159 cm³/mol. The Hall–Kier alpha value is -3.94. The number of likely N-dealkylation sites (tertiary alicyclic amines) is 1. The molecule has 0 radical (unpaired) electrons. The van der Waals surface area contributed by atoms with Gasteiger partial charge in [0.25, 0.3) is 11.5 Å². The summed E-state index contributed by atoms with van der Waals surface area (Å²) in [5.41, 5.74) is 4.08. The van der Waals surface area contributed by atoms with Gasteiger partial charge in [-0.15, -0.1) is 0 Å². The van der Waals surface area contributed by atoms with Crippen LogP contribution in [-0.4, -0.2) is 53.3 Å². The van der Waals surface area contributed by atoms with Crippen molar-refractivity contribution in [1.29, 1.82) is 0 Å². The summed E-state index contributed by atoms with van der Waals surface area (Å²) < 4.78 is 5.36. The number of hydrogen-bond donors (Lipinski definition) is 1. The number of fused-ring (bicyclic) bond motifs is 1. The lowest BCUT2D eigenvalue weighted by Gasteiger charge is -2.29. The van der Waals surface area contributed by atoms with Crippen LogP contribution in [0, 0.1) is 0 Å². The Morgan fingerprint density at radius 3 is 2.48 bits per heavy atom. The zero-order valence-corrected chi connectivity index (χ0v) is 23.2. The third-order valence-electron chi connectivity index (χ3n) is 7.80. The Morgan fingerprint density at radius 2 is 1.75 bits per heavy atom. The third-order valence-corrected chi connectivity index (χ3v) is 8.04. The van der Waals surface area contributed by atoms with E-state index >= 15 is 0 Å². The molecule has 0 spiro atoms. The zero-order chi connectivity index (χ0) is 27.6. The number of methoxy groups -OCH3 is 1. The van der Waals surface area contributed by atoms with E-state index in [-0.39, 0.29) is 17.5 Å². The first-order valence-corrected chi connectivity index (χ1v) is 14.1. The maximum atomic E-state index is 13.7. The van der Waals surface area contributed by atoms with Gasteiger partial charge in [0.15, 0.2) is 0 Å². The second-order valence-electron chi connectivity index (χ2n) is 10.4. The van der Waals surface area contributed by atoms with Crippen molar-refractivity contribution in [3.63, 3.8) is 0 Å². The first-order chi connectivity index (χ1) is 19.5. The van der Waals surface area contributed by atoms with E-state index in [1.165, 1.54) is 6.42 Å². The Balaban J connectivity index is 1.48. The van der Waals surface area contributed by atoms with E-state index in [4.69, 9.17) is 21.4 Å². The third kappa shape index (κ3) is 5.15. The summed E-state index contributed by atoms with van der Waals surface area (Å²) in [6.07, 6.45) is 3.80. The lowest BCUT2D eigenvalue weighted by atomic mass is 9.91. The summed E-state index contributed by atoms with van der Waals surface area (Å²) >= 11 is 6.43. The van der Waals surface area contributed by atoms with Crippen molar-refractivity contribution in [3.05, 3.63) is 99.3 Å². The van der Waals surface area contributed by atoms with Crippen LogP contribution < -0.4 is 10.3 Å². The molecule has 1 atom stereocenters. The number of aromatic amines is 1. The number of nitrogens with one attached hydrogen (secondary N) is 1. The Kier molecular flexibility index (Phi) is 7.41. The maximum absolute atomic E-state index is 13.7. The van der Waals surface area contributed by atoms with Gasteiger partial charge in [-0.2, -0.15) is 5.10 Å². The molecule has 8 heteroatoms. The number of aromatic nitrogens is 1. The van der Waals surface area contributed by atoms with Crippen LogP contribution in [0.2, 0.25) is 5.02 Å². The van der Waals surface area contributed by atoms with Crippen LogP contribution in [0.3, 0.4) is 0 Å². The first kappa shape index (κ1) is 26.3. The number of hydrogen-bond acceptors (Lipinski definition) is 5. The van der Waals surface area contributed by atoms with Gasteiger partial charge in [-0.1, -0.05) is 60.5 Å². The van der Waals surface area contributed by atoms with Crippen LogP contribution >= 0.6 is 11.6 Å². The average Bonchev–Trinajstić information content (AvgIpc) is 3.43. The van der Waals surface area contributed by atoms with Gasteiger partial charge in [0.05, 0.1) is 31.0 Å². The molecule has 3 aromatic carbocycles. The maximum Gasteiger partial charge on any atom is 0.258 e. The van der Waals surface area contributed by atoms with Gasteiger partial charge in [-0.3, -0.25) is 14.5 Å². The number of carbonyl (C=O) groups excluding carboxylic acids is 1. The number of rotatable bonds is 6. The number of pyridine rings is 1. The molecule has 2 aliphatic heterocycles. The molecular formula is C32H31ClN4O3. The van der Waals surface area contributed by atoms with Crippen molar-refractivity contribution in [2.24, 2.45) is 5.10 Å². The number of carbonyl (C=O) groups is 1. The molecule has 3 heterocycles. The van der Waals surface area contributed by atoms with Gasteiger partial charge in [0.2, 0.25) is 0 Å². The van der Waals surface area contributed by atoms with Crippen LogP contribution in [0.25, 0.3) is 22.0 Å². The highest BCUT2D eigenvalue weighted by Gasteiger charge is 2.36. The smallest absolute Gasteiger partial charge is 0.258 e. The number of benzene rings is 3. The van der Waals surface area contributed by atoms with Crippen LogP contribution in [0.5, 0.6) is 5.75 Å². The molecule has 4 aromatic rings. The van der Waals surface area contributed by atoms with Crippen LogP contribution in [-0.2, 0) is 4.79 Å². The number of amides is 1. The van der Waals surface area contributed by atoms with E-state index in [0.29, 0.717) is 34.8 Å². The van der Waals surface area contributed by atoms with E-state index in [2.05, 4.69) is 9.88 Å². The highest BCUT2D eigenvalue weighted by atomic mass is 35.5. The number of ether oxygens (including phenoxy) is 1. The van der Waals surface area contributed by atoms with Gasteiger partial charge in [-0.25, -0.2) is 5.01 Å². The van der Waals surface area contributed by atoms with Gasteiger partial charge < -0.3 is 9.72 Å². The largest absolute Gasteiger partial charge is 0.497 e. The Labute approximate surface area is 238 Å². The molecule has 1 fully saturated rings. The summed E-state index contributed by atoms with van der Waals surface area (Å²) in [6, 6.07) is 22.6. The summed E-state index contributed by atoms with van der Waals surface area (Å²) in [5, 5.41) is 7.88. The molecule has 6 rings (SSSR count). The van der Waals surface area contributed by atoms with Crippen molar-refractivity contribution < 1.29 is 9.53 Å². The van der Waals surface area contributed by atoms with E-state index in [9.17, 15) is 9.59 Å². The first-order valence-electron chi connectivity index (χ1n) is 13.7. The minimum absolute atomic E-state index is 0.0701. The number of H-pyrrole nitrogens is 1. The summed E-state index contributed by atoms with van der Waals surface area (Å²) in [4.78, 5) is 32.7. The van der Waals surface area contributed by atoms with Crippen LogP contribution in [0.4, 0.5) is 0 Å². The number of piperidine rings is 1. The molecular weight excluding hydrogens is 524 g/mol. The molecule has 0 unspecified atom stereocenters. The van der Waals surface area contributed by atoms with Crippen molar-refractivity contribution in [2.75, 3.05) is 26.7 Å². The number of hydrazone groups is 1. The minimum Gasteiger partial charge on any atom is -0.497 e. The lowest BCUT2D eigenvalue weighted by Crippen LogP contribution is -2.40. The fraction of sp³-hybridized carbons (Fsp3) is 0.281. The SMILES string of the molecule is COc1ccc([C@@H]2CC(c3c(-c4ccccc4)c4cc(Cl)ccc4[nH]c3=O)=NN2C(=O)CN2CCCCC2)cc1. The fourth-order valence-electron chi connectivity index (χ4n) is 5.80. The summed E-state index contributed by atoms with van der Waals surface area (Å²) in [6.45, 7) is 2.12. The molecule has 7 nitrogen and oxygen atoms in total. The molecule has 40 heavy (non-hydrogen) atoms. The number of nitrogens with zero attached hydrogens (tertiary/aromatic N) is 3. The zero-order valence-electron chi connectivity index (χ0n) is 22.4. The minimum atomic E-state index is -0.337. The molecule has 1 saturated heterocycles. The molecule has 2 aliphatic rings. The van der Waals surface area contributed by atoms with Crippen molar-refractivity contribution in [2.45, 2.75) is 31.7 Å². The topological polar surface area (TPSA) is 78.0 Å². The second kappa shape index (κ2) is 11.3. The molecule has 0 bridgehead atoms. The van der Waals surface area contributed by atoms with Gasteiger partial charge in [0, 0.05) is 27.9 Å². The molecule has 204 valence electrons. The molecule has 1 amide bonds. The van der Waals surface area contributed by atoms with Gasteiger partial charge in [0.1, 0.15) is 5.75 Å². The van der Waals surface area contributed by atoms with Crippen LogP contribution in [0.15, 0.2) is 82.7 Å². The summed E-state index contributed by atoms with van der Waals surface area (Å²) in [5.74, 6) is 0.669. The molecule has 0 aliphatic carbocycles. The van der Waals surface area contributed by atoms with Crippen molar-refractivity contribution in [3.8, 4) is 16.9 Å². The van der Waals surface area contributed by atoms with Gasteiger partial charge >= 0.3 is 0 Å². The predicted octanol–water partition coefficient (Wildman–Crippen LogP) is 6.02. The Morgan fingerprint density at radius 1 is 1.00 bits per heavy atom. The van der Waals surface area contributed by atoms with E-state index in [1.807, 2.05) is 66.7 Å².